The van der Waals surface area contributed by atoms with Gasteiger partial charge in [-0.1, -0.05) is 43.7 Å². The second kappa shape index (κ2) is 6.70. The normalized spacial score (nSPS) is 18.8. The smallest absolute Gasteiger partial charge is 0.282 e. The molecular formula is C18H25N3O2S. The molecule has 0 spiro atoms. The third kappa shape index (κ3) is 2.90. The Balaban J connectivity index is 2.10. The van der Waals surface area contributed by atoms with Crippen LogP contribution < -0.4 is 0 Å². The van der Waals surface area contributed by atoms with Crippen molar-refractivity contribution in [3.05, 3.63) is 59.4 Å². The van der Waals surface area contributed by atoms with Gasteiger partial charge >= 0.3 is 0 Å². The fraction of sp³-hybridized carbons (Fsp3) is 0.444. The number of nitrogens with zero attached hydrogens (tertiary/aromatic N) is 3. The molecule has 0 fully saturated rings. The summed E-state index contributed by atoms with van der Waals surface area (Å²) in [7, 11) is -3.50. The Bertz CT molecular complexity index is 792. The van der Waals surface area contributed by atoms with Crippen LogP contribution in [0.2, 0.25) is 0 Å². The molecule has 1 aliphatic heterocycles. The number of hydrogen-bond donors (Lipinski definition) is 0. The van der Waals surface area contributed by atoms with Crippen molar-refractivity contribution in [3.8, 4) is 0 Å². The van der Waals surface area contributed by atoms with Crippen LogP contribution in [-0.2, 0) is 16.8 Å². The first-order chi connectivity index (χ1) is 11.5. The summed E-state index contributed by atoms with van der Waals surface area (Å²) in [4.78, 5) is 0. The summed E-state index contributed by atoms with van der Waals surface area (Å²) in [5.41, 5.74) is 3.21. The zero-order valence-electron chi connectivity index (χ0n) is 14.5. The monoisotopic (exact) mass is 347 g/mol. The molecule has 3 rings (SSSR count). The summed E-state index contributed by atoms with van der Waals surface area (Å²) >= 11 is 0. The Hall–Kier alpha value is -1.63. The molecule has 1 atom stereocenters. The van der Waals surface area contributed by atoms with E-state index in [1.54, 1.807) is 4.31 Å². The Morgan fingerprint density at radius 2 is 1.75 bits per heavy atom. The van der Waals surface area contributed by atoms with Crippen molar-refractivity contribution in [2.45, 2.75) is 33.4 Å². The van der Waals surface area contributed by atoms with Gasteiger partial charge in [-0.15, -0.1) is 0 Å². The van der Waals surface area contributed by atoms with E-state index in [-0.39, 0.29) is 6.04 Å². The van der Waals surface area contributed by atoms with Crippen molar-refractivity contribution in [1.29, 1.82) is 0 Å². The predicted molar refractivity (Wildman–Crippen MR) is 96.0 cm³/mol. The lowest BCUT2D eigenvalue weighted by atomic mass is 10.0. The number of rotatable bonds is 5. The number of benzene rings is 1. The van der Waals surface area contributed by atoms with E-state index in [0.29, 0.717) is 26.2 Å². The predicted octanol–water partition coefficient (Wildman–Crippen LogP) is 2.79. The molecule has 0 saturated carbocycles. The van der Waals surface area contributed by atoms with Crippen molar-refractivity contribution >= 4 is 10.2 Å². The molecule has 6 heteroatoms. The Labute approximate surface area is 144 Å². The summed E-state index contributed by atoms with van der Waals surface area (Å²) in [6.45, 7) is 7.94. The van der Waals surface area contributed by atoms with E-state index in [1.807, 2.05) is 63.4 Å². The summed E-state index contributed by atoms with van der Waals surface area (Å²) in [5, 5.41) is 0. The lowest BCUT2D eigenvalue weighted by Gasteiger charge is -2.38. The van der Waals surface area contributed by atoms with Crippen LogP contribution in [0.5, 0.6) is 0 Å². The minimum absolute atomic E-state index is 0.278. The molecule has 1 aromatic heterocycles. The van der Waals surface area contributed by atoms with Gasteiger partial charge in [0.25, 0.3) is 10.2 Å². The third-order valence-corrected chi connectivity index (χ3v) is 6.87. The van der Waals surface area contributed by atoms with E-state index < -0.39 is 10.2 Å². The number of hydrogen-bond acceptors (Lipinski definition) is 2. The lowest BCUT2D eigenvalue weighted by Crippen LogP contribution is -2.49. The molecule has 130 valence electrons. The van der Waals surface area contributed by atoms with Gasteiger partial charge < -0.3 is 4.57 Å². The van der Waals surface area contributed by atoms with E-state index >= 15 is 0 Å². The maximum Gasteiger partial charge on any atom is 0.282 e. The quantitative estimate of drug-likeness (QED) is 0.835. The second-order valence-corrected chi connectivity index (χ2v) is 8.02. The fourth-order valence-electron chi connectivity index (χ4n) is 3.39. The molecule has 0 saturated heterocycles. The Morgan fingerprint density at radius 3 is 2.38 bits per heavy atom. The summed E-state index contributed by atoms with van der Waals surface area (Å²) in [6.07, 6.45) is 2.03. The Kier molecular flexibility index (Phi) is 4.80. The minimum atomic E-state index is -3.50. The molecule has 0 N–H and O–H groups in total. The van der Waals surface area contributed by atoms with Gasteiger partial charge in [0, 0.05) is 38.1 Å². The van der Waals surface area contributed by atoms with Gasteiger partial charge in [-0.3, -0.25) is 0 Å². The summed E-state index contributed by atoms with van der Waals surface area (Å²) in [5.74, 6) is 0. The van der Waals surface area contributed by atoms with Gasteiger partial charge in [-0.25, -0.2) is 0 Å². The Morgan fingerprint density at radius 1 is 1.08 bits per heavy atom. The van der Waals surface area contributed by atoms with Crippen LogP contribution in [0.4, 0.5) is 0 Å². The van der Waals surface area contributed by atoms with Crippen LogP contribution in [-0.4, -0.2) is 41.2 Å². The van der Waals surface area contributed by atoms with Crippen LogP contribution in [0, 0.1) is 6.92 Å². The molecule has 1 aliphatic rings. The first-order valence-electron chi connectivity index (χ1n) is 8.47. The van der Waals surface area contributed by atoms with E-state index in [4.69, 9.17) is 0 Å². The highest BCUT2D eigenvalue weighted by Crippen LogP contribution is 2.35. The standard InChI is InChI=1S/C18H25N3O2S/c1-4-20(5-2)24(22,23)21-14-13-19-12-6-7-17(19)18(21)16-10-8-15(3)9-11-16/h6-12,18H,4-5,13-14H2,1-3H3. The topological polar surface area (TPSA) is 45.6 Å². The van der Waals surface area contributed by atoms with Gasteiger partial charge in [0.1, 0.15) is 0 Å². The molecule has 0 amide bonds. The number of aryl methyl sites for hydroxylation is 1. The van der Waals surface area contributed by atoms with Crippen LogP contribution >= 0.6 is 0 Å². The molecule has 5 nitrogen and oxygen atoms in total. The molecule has 1 aromatic carbocycles. The van der Waals surface area contributed by atoms with Crippen molar-refractivity contribution < 1.29 is 8.42 Å². The van der Waals surface area contributed by atoms with Crippen LogP contribution in [0.1, 0.15) is 36.7 Å². The van der Waals surface area contributed by atoms with Crippen LogP contribution in [0.15, 0.2) is 42.6 Å². The number of fused-ring (bicyclic) bond motifs is 1. The van der Waals surface area contributed by atoms with E-state index in [9.17, 15) is 8.42 Å². The molecular weight excluding hydrogens is 322 g/mol. The zero-order chi connectivity index (χ0) is 17.3. The van der Waals surface area contributed by atoms with Gasteiger partial charge in [-0.2, -0.15) is 17.0 Å². The van der Waals surface area contributed by atoms with E-state index in [0.717, 1.165) is 11.3 Å². The minimum Gasteiger partial charge on any atom is -0.348 e. The zero-order valence-corrected chi connectivity index (χ0v) is 15.3. The van der Waals surface area contributed by atoms with E-state index in [1.165, 1.54) is 9.87 Å². The van der Waals surface area contributed by atoms with Crippen molar-refractivity contribution in [2.24, 2.45) is 0 Å². The first-order valence-corrected chi connectivity index (χ1v) is 9.87. The van der Waals surface area contributed by atoms with Crippen LogP contribution in [0.3, 0.4) is 0 Å². The average Bonchev–Trinajstić information content (AvgIpc) is 3.04. The maximum atomic E-state index is 13.2. The maximum absolute atomic E-state index is 13.2. The van der Waals surface area contributed by atoms with Crippen molar-refractivity contribution in [2.75, 3.05) is 19.6 Å². The lowest BCUT2D eigenvalue weighted by molar-refractivity contribution is 0.271. The molecule has 2 aromatic rings. The molecule has 0 radical (unpaired) electrons. The highest BCUT2D eigenvalue weighted by atomic mass is 32.2. The third-order valence-electron chi connectivity index (χ3n) is 4.72. The molecule has 1 unspecified atom stereocenters. The van der Waals surface area contributed by atoms with E-state index in [2.05, 4.69) is 4.57 Å². The molecule has 2 heterocycles. The van der Waals surface area contributed by atoms with Gasteiger partial charge in [0.05, 0.1) is 6.04 Å². The fourth-order valence-corrected chi connectivity index (χ4v) is 5.15. The van der Waals surface area contributed by atoms with Crippen molar-refractivity contribution in [3.63, 3.8) is 0 Å². The first kappa shape index (κ1) is 17.2. The number of aromatic nitrogens is 1. The van der Waals surface area contributed by atoms with Gasteiger partial charge in [0.2, 0.25) is 0 Å². The molecule has 0 bridgehead atoms. The second-order valence-electron chi connectivity index (χ2n) is 6.14. The summed E-state index contributed by atoms with van der Waals surface area (Å²) in [6, 6.07) is 11.9. The summed E-state index contributed by atoms with van der Waals surface area (Å²) < 4.78 is 31.7. The van der Waals surface area contributed by atoms with Crippen LogP contribution in [0.25, 0.3) is 0 Å². The van der Waals surface area contributed by atoms with Crippen molar-refractivity contribution in [1.82, 2.24) is 13.2 Å². The highest BCUT2D eigenvalue weighted by molar-refractivity contribution is 7.86. The highest BCUT2D eigenvalue weighted by Gasteiger charge is 2.38. The SMILES string of the molecule is CCN(CC)S(=O)(=O)N1CCn2cccc2C1c1ccc(C)cc1. The molecule has 24 heavy (non-hydrogen) atoms. The molecule has 0 aliphatic carbocycles. The average molecular weight is 347 g/mol. The largest absolute Gasteiger partial charge is 0.348 e. The van der Waals surface area contributed by atoms with Gasteiger partial charge in [0.15, 0.2) is 0 Å². The van der Waals surface area contributed by atoms with Gasteiger partial charge in [-0.05, 0) is 24.6 Å².